The van der Waals surface area contributed by atoms with E-state index in [0.29, 0.717) is 42.3 Å². The maximum Gasteiger partial charge on any atom is 0.164 e. The van der Waals surface area contributed by atoms with Crippen LogP contribution in [-0.4, -0.2) is 46.9 Å². The lowest BCUT2D eigenvalue weighted by Crippen LogP contribution is -2.34. The lowest BCUT2D eigenvalue weighted by Gasteiger charge is -2.42. The van der Waals surface area contributed by atoms with Gasteiger partial charge < -0.3 is 34.6 Å². The maximum absolute atomic E-state index is 11.9. The molecule has 256 valence electrons. The van der Waals surface area contributed by atoms with Crippen molar-refractivity contribution in [3.63, 3.8) is 0 Å². The molecule has 2 aliphatic carbocycles. The Morgan fingerprint density at radius 3 is 2.60 bits per heavy atom. The van der Waals surface area contributed by atoms with Crippen molar-refractivity contribution in [2.75, 3.05) is 20.3 Å². The summed E-state index contributed by atoms with van der Waals surface area (Å²) >= 11 is 0. The van der Waals surface area contributed by atoms with Crippen molar-refractivity contribution in [1.29, 1.82) is 0 Å². The number of hydrogen-bond donors (Lipinski definition) is 4. The summed E-state index contributed by atoms with van der Waals surface area (Å²) in [6, 6.07) is 9.61. The van der Waals surface area contributed by atoms with Crippen LogP contribution < -0.4 is 14.2 Å². The highest BCUT2D eigenvalue weighted by Gasteiger charge is 2.42. The highest BCUT2D eigenvalue weighted by atomic mass is 16.5. The number of aliphatic hydroxyl groups is 2. The molecule has 7 rings (SSSR count). The number of benzene rings is 3. The molecule has 2 heterocycles. The lowest BCUT2D eigenvalue weighted by molar-refractivity contribution is 0.0192. The number of allylic oxidation sites excluding steroid dienone is 2. The summed E-state index contributed by atoms with van der Waals surface area (Å²) in [5, 5.41) is 43.3. The largest absolute Gasteiger partial charge is 0.508 e. The molecular formula is C41H50O7. The molecule has 0 bridgehead atoms. The number of hydrogen-bond acceptors (Lipinski definition) is 7. The number of aromatic hydroxyl groups is 2. The van der Waals surface area contributed by atoms with E-state index in [0.717, 1.165) is 95.4 Å². The third-order valence-corrected chi connectivity index (χ3v) is 11.3. The van der Waals surface area contributed by atoms with Crippen LogP contribution in [0.2, 0.25) is 0 Å². The Kier molecular flexibility index (Phi) is 9.12. The molecule has 3 aromatic rings. The standard InChI is InChI=1S/C41H50O7/c1-5-23-16-25(9-8-24(23)12-13-42)30-17-26-19-34(44)27(15-22(2)3)18-31(26)39-37(46-4)21-36-32(38(30)39)20-35(45)41(48-36)29-10-11-33(43)40-28(29)7-6-14-47-40/h8-11,18-19,21-25,30,35,41-45H,5-7,12-17,20H2,1-4H3/t23-,24+,25+,30+,35+,41-/m0/s1. The van der Waals surface area contributed by atoms with Crippen molar-refractivity contribution >= 4 is 0 Å². The van der Waals surface area contributed by atoms with Crippen LogP contribution >= 0.6 is 0 Å². The highest BCUT2D eigenvalue weighted by molar-refractivity contribution is 5.83. The minimum Gasteiger partial charge on any atom is -0.508 e. The summed E-state index contributed by atoms with van der Waals surface area (Å²) in [6.45, 7) is 7.31. The molecule has 7 nitrogen and oxygen atoms in total. The fraction of sp³-hybridized carbons (Fsp3) is 0.512. The summed E-state index contributed by atoms with van der Waals surface area (Å²) in [4.78, 5) is 0. The second-order valence-electron chi connectivity index (χ2n) is 14.8. The van der Waals surface area contributed by atoms with Gasteiger partial charge in [-0.05, 0) is 109 Å². The molecule has 0 amide bonds. The molecule has 48 heavy (non-hydrogen) atoms. The second kappa shape index (κ2) is 13.3. The number of aliphatic hydroxyl groups excluding tert-OH is 2. The molecule has 4 N–H and O–H groups in total. The van der Waals surface area contributed by atoms with Crippen LogP contribution in [0.3, 0.4) is 0 Å². The molecule has 7 heteroatoms. The van der Waals surface area contributed by atoms with Crippen LogP contribution in [0.4, 0.5) is 0 Å². The molecule has 0 aromatic heterocycles. The van der Waals surface area contributed by atoms with Gasteiger partial charge >= 0.3 is 0 Å². The minimum absolute atomic E-state index is 0.0919. The number of fused-ring (bicyclic) bond motifs is 6. The van der Waals surface area contributed by atoms with E-state index in [2.05, 4.69) is 39.0 Å². The monoisotopic (exact) mass is 654 g/mol. The summed E-state index contributed by atoms with van der Waals surface area (Å²) in [6.07, 6.45) is 9.63. The number of rotatable bonds is 8. The van der Waals surface area contributed by atoms with Crippen LogP contribution in [0.25, 0.3) is 11.1 Å². The molecule has 0 fully saturated rings. The zero-order valence-corrected chi connectivity index (χ0v) is 28.7. The average molecular weight is 655 g/mol. The lowest BCUT2D eigenvalue weighted by atomic mass is 9.64. The summed E-state index contributed by atoms with van der Waals surface area (Å²) in [5.41, 5.74) is 8.11. The van der Waals surface area contributed by atoms with E-state index in [1.54, 1.807) is 13.2 Å². The molecule has 3 aromatic carbocycles. The zero-order valence-electron chi connectivity index (χ0n) is 28.7. The first-order valence-electron chi connectivity index (χ1n) is 17.9. The van der Waals surface area contributed by atoms with Gasteiger partial charge in [0.15, 0.2) is 17.6 Å². The van der Waals surface area contributed by atoms with Crippen LogP contribution in [-0.2, 0) is 25.7 Å². The topological polar surface area (TPSA) is 109 Å². The Labute approximate surface area is 284 Å². The Morgan fingerprint density at radius 1 is 1.02 bits per heavy atom. The van der Waals surface area contributed by atoms with E-state index in [4.69, 9.17) is 14.2 Å². The Bertz CT molecular complexity index is 1710. The van der Waals surface area contributed by atoms with Crippen LogP contribution in [0.1, 0.15) is 91.9 Å². The van der Waals surface area contributed by atoms with Gasteiger partial charge in [-0.15, -0.1) is 0 Å². The fourth-order valence-electron chi connectivity index (χ4n) is 9.08. The molecule has 6 atom stereocenters. The van der Waals surface area contributed by atoms with Gasteiger partial charge in [-0.25, -0.2) is 0 Å². The van der Waals surface area contributed by atoms with Crippen molar-refractivity contribution in [1.82, 2.24) is 0 Å². The number of methoxy groups -OCH3 is 1. The van der Waals surface area contributed by atoms with E-state index in [-0.39, 0.29) is 24.2 Å². The van der Waals surface area contributed by atoms with Crippen molar-refractivity contribution in [3.05, 3.63) is 75.9 Å². The highest BCUT2D eigenvalue weighted by Crippen LogP contribution is 2.56. The van der Waals surface area contributed by atoms with Crippen molar-refractivity contribution < 1.29 is 34.6 Å². The maximum atomic E-state index is 11.9. The fourth-order valence-corrected chi connectivity index (χ4v) is 9.08. The van der Waals surface area contributed by atoms with E-state index >= 15 is 0 Å². The summed E-state index contributed by atoms with van der Waals surface area (Å²) in [7, 11) is 1.71. The summed E-state index contributed by atoms with van der Waals surface area (Å²) < 4.78 is 18.8. The summed E-state index contributed by atoms with van der Waals surface area (Å²) in [5.74, 6) is 3.95. The van der Waals surface area contributed by atoms with Gasteiger partial charge in [0, 0.05) is 41.3 Å². The number of phenols is 2. The first kappa shape index (κ1) is 32.8. The Morgan fingerprint density at radius 2 is 1.85 bits per heavy atom. The van der Waals surface area contributed by atoms with Crippen molar-refractivity contribution in [3.8, 4) is 39.9 Å². The average Bonchev–Trinajstić information content (AvgIpc) is 3.08. The molecule has 0 saturated heterocycles. The van der Waals surface area contributed by atoms with Gasteiger partial charge in [-0.2, -0.15) is 0 Å². The van der Waals surface area contributed by atoms with Gasteiger partial charge in [-0.1, -0.05) is 45.4 Å². The normalized spacial score (nSPS) is 25.7. The SMILES string of the molecule is CC[C@H]1C[C@H]([C@H]2Cc3cc(O)c(CC(C)C)cc3-c3c(OC)cc4c(c32)C[C@@H](O)[C@H](c2ccc(O)c3c2CCCO3)O4)C=C[C@@H]1CCO. The van der Waals surface area contributed by atoms with Crippen LogP contribution in [0.5, 0.6) is 28.7 Å². The zero-order chi connectivity index (χ0) is 33.7. The number of ether oxygens (including phenoxy) is 3. The predicted molar refractivity (Wildman–Crippen MR) is 186 cm³/mol. The smallest absolute Gasteiger partial charge is 0.164 e. The quantitative estimate of drug-likeness (QED) is 0.186. The molecule has 4 aliphatic rings. The minimum atomic E-state index is -0.803. The van der Waals surface area contributed by atoms with Crippen molar-refractivity contribution in [2.45, 2.75) is 90.3 Å². The van der Waals surface area contributed by atoms with E-state index in [1.807, 2.05) is 18.2 Å². The third kappa shape index (κ3) is 5.73. The first-order chi connectivity index (χ1) is 23.2. The van der Waals surface area contributed by atoms with Gasteiger partial charge in [0.25, 0.3) is 0 Å². The molecule has 0 spiro atoms. The molecule has 0 radical (unpaired) electrons. The molecule has 0 saturated carbocycles. The van der Waals surface area contributed by atoms with E-state index < -0.39 is 12.2 Å². The van der Waals surface area contributed by atoms with Crippen molar-refractivity contribution in [2.24, 2.45) is 23.7 Å². The first-order valence-corrected chi connectivity index (χ1v) is 17.9. The predicted octanol–water partition coefficient (Wildman–Crippen LogP) is 7.57. The Balaban J connectivity index is 1.39. The molecular weight excluding hydrogens is 604 g/mol. The second-order valence-corrected chi connectivity index (χ2v) is 14.8. The number of phenolic OH excluding ortho intramolecular Hbond substituents is 2. The van der Waals surface area contributed by atoms with Gasteiger partial charge in [0.05, 0.1) is 19.8 Å². The van der Waals surface area contributed by atoms with Gasteiger partial charge in [-0.3, -0.25) is 0 Å². The van der Waals surface area contributed by atoms with Gasteiger partial charge in [0.1, 0.15) is 17.2 Å². The van der Waals surface area contributed by atoms with Crippen LogP contribution in [0.15, 0.2) is 42.5 Å². The molecule has 0 unspecified atom stereocenters. The van der Waals surface area contributed by atoms with Crippen LogP contribution in [0, 0.1) is 23.7 Å². The Hall–Kier alpha value is -3.68. The molecule has 2 aliphatic heterocycles. The van der Waals surface area contributed by atoms with E-state index in [1.165, 1.54) is 5.56 Å². The van der Waals surface area contributed by atoms with Gasteiger partial charge in [0.2, 0.25) is 0 Å². The third-order valence-electron chi connectivity index (χ3n) is 11.3. The van der Waals surface area contributed by atoms with E-state index in [9.17, 15) is 20.4 Å².